The third-order valence-corrected chi connectivity index (χ3v) is 6.93. The van der Waals surface area contributed by atoms with E-state index in [1.54, 1.807) is 17.9 Å². The molecule has 0 aliphatic carbocycles. The van der Waals surface area contributed by atoms with E-state index in [1.807, 2.05) is 42.2 Å². The number of thiophene rings is 1. The molecule has 0 spiro atoms. The number of hydrogen-bond acceptors (Lipinski definition) is 8. The van der Waals surface area contributed by atoms with Crippen LogP contribution in [-0.2, 0) is 9.53 Å². The summed E-state index contributed by atoms with van der Waals surface area (Å²) in [4.78, 5) is 50.9. The van der Waals surface area contributed by atoms with Gasteiger partial charge in [-0.25, -0.2) is 9.78 Å². The highest BCUT2D eigenvalue weighted by Gasteiger charge is 2.29. The molecule has 1 saturated heterocycles. The van der Waals surface area contributed by atoms with E-state index < -0.39 is 12.0 Å². The zero-order chi connectivity index (χ0) is 24.8. The molecule has 1 aliphatic rings. The molecule has 10 heteroatoms. The highest BCUT2D eigenvalue weighted by Crippen LogP contribution is 2.36. The number of carbonyl (C=O) groups excluding carboxylic acids is 3. The molecule has 0 bridgehead atoms. The van der Waals surface area contributed by atoms with Crippen LogP contribution >= 0.6 is 11.3 Å². The second-order valence-corrected chi connectivity index (χ2v) is 9.08. The van der Waals surface area contributed by atoms with Gasteiger partial charge in [0.15, 0.2) is 0 Å². The van der Waals surface area contributed by atoms with Crippen LogP contribution in [0, 0.1) is 0 Å². The predicted octanol–water partition coefficient (Wildman–Crippen LogP) is 3.17. The van der Waals surface area contributed by atoms with Crippen LogP contribution in [0.4, 0.5) is 5.00 Å². The van der Waals surface area contributed by atoms with Gasteiger partial charge in [-0.15, -0.1) is 11.3 Å². The van der Waals surface area contributed by atoms with Crippen LogP contribution in [0.1, 0.15) is 34.7 Å². The lowest BCUT2D eigenvalue weighted by Gasteiger charge is -2.37. The Balaban J connectivity index is 1.42. The maximum atomic E-state index is 13.1. The number of amides is 2. The summed E-state index contributed by atoms with van der Waals surface area (Å²) in [5, 5.41) is 3.40. The van der Waals surface area contributed by atoms with E-state index in [4.69, 9.17) is 4.74 Å². The lowest BCUT2D eigenvalue weighted by Crippen LogP contribution is -2.54. The van der Waals surface area contributed by atoms with Gasteiger partial charge in [-0.1, -0.05) is 30.3 Å². The Labute approximate surface area is 207 Å². The lowest BCUT2D eigenvalue weighted by atomic mass is 10.1. The summed E-state index contributed by atoms with van der Waals surface area (Å²) in [5.74, 6) is -0.850. The van der Waals surface area contributed by atoms with Gasteiger partial charge in [0.05, 0.1) is 24.4 Å². The molecule has 1 fully saturated rings. The van der Waals surface area contributed by atoms with Crippen molar-refractivity contribution in [3.63, 3.8) is 0 Å². The van der Waals surface area contributed by atoms with Crippen LogP contribution in [0.15, 0.2) is 55.0 Å². The summed E-state index contributed by atoms with van der Waals surface area (Å²) in [6.45, 7) is 5.88. The first-order valence-corrected chi connectivity index (χ1v) is 12.3. The maximum Gasteiger partial charge on any atom is 0.341 e. The third-order valence-electron chi connectivity index (χ3n) is 5.83. The smallest absolute Gasteiger partial charge is 0.341 e. The Morgan fingerprint density at radius 2 is 1.86 bits per heavy atom. The minimum absolute atomic E-state index is 0.166. The molecule has 1 atom stereocenters. The predicted molar refractivity (Wildman–Crippen MR) is 133 cm³/mol. The first-order chi connectivity index (χ1) is 17.0. The molecule has 1 N–H and O–H groups in total. The molecule has 4 rings (SSSR count). The highest BCUT2D eigenvalue weighted by molar-refractivity contribution is 7.20. The summed E-state index contributed by atoms with van der Waals surface area (Å²) in [6, 6.07) is 11.0. The van der Waals surface area contributed by atoms with E-state index in [-0.39, 0.29) is 18.4 Å². The molecule has 2 aromatic heterocycles. The van der Waals surface area contributed by atoms with Crippen molar-refractivity contribution in [1.29, 1.82) is 0 Å². The van der Waals surface area contributed by atoms with E-state index in [2.05, 4.69) is 15.3 Å². The van der Waals surface area contributed by atoms with Crippen molar-refractivity contribution >= 4 is 34.1 Å². The molecule has 9 nitrogen and oxygen atoms in total. The number of piperazine rings is 1. The van der Waals surface area contributed by atoms with Crippen molar-refractivity contribution in [2.24, 2.45) is 0 Å². The van der Waals surface area contributed by atoms with Gasteiger partial charge >= 0.3 is 5.97 Å². The quantitative estimate of drug-likeness (QED) is 0.504. The molecule has 1 aromatic carbocycles. The summed E-state index contributed by atoms with van der Waals surface area (Å²) in [6.07, 6.45) is 4.48. The van der Waals surface area contributed by atoms with Crippen molar-refractivity contribution in [2.45, 2.75) is 19.9 Å². The normalized spacial score (nSPS) is 14.9. The molecule has 2 amide bonds. The van der Waals surface area contributed by atoms with Gasteiger partial charge < -0.3 is 15.0 Å². The molecule has 1 aliphatic heterocycles. The number of carbonyl (C=O) groups is 3. The number of benzene rings is 1. The molecule has 182 valence electrons. The highest BCUT2D eigenvalue weighted by atomic mass is 32.1. The van der Waals surface area contributed by atoms with Gasteiger partial charge in [-0.3, -0.25) is 19.5 Å². The molecular weight excluding hydrogens is 466 g/mol. The van der Waals surface area contributed by atoms with Gasteiger partial charge in [-0.05, 0) is 25.5 Å². The van der Waals surface area contributed by atoms with E-state index >= 15 is 0 Å². The fourth-order valence-electron chi connectivity index (χ4n) is 3.86. The Morgan fingerprint density at radius 3 is 2.51 bits per heavy atom. The topological polar surface area (TPSA) is 105 Å². The maximum absolute atomic E-state index is 13.1. The molecule has 3 heterocycles. The largest absolute Gasteiger partial charge is 0.462 e. The lowest BCUT2D eigenvalue weighted by molar-refractivity contribution is -0.121. The standard InChI is InChI=1S/C25H27N5O4S/c1-3-34-25(33)19-15-21(18-7-5-4-6-8-18)35-23(19)28-22(31)17(2)29-11-13-30(14-12-29)24(32)20-16-26-9-10-27-20/h4-10,15-17H,3,11-14H2,1-2H3,(H,28,31). The van der Waals surface area contributed by atoms with E-state index in [9.17, 15) is 14.4 Å². The van der Waals surface area contributed by atoms with Crippen molar-refractivity contribution in [3.8, 4) is 10.4 Å². The van der Waals surface area contributed by atoms with Gasteiger partial charge in [0.2, 0.25) is 5.91 Å². The van der Waals surface area contributed by atoms with Crippen molar-refractivity contribution < 1.29 is 19.1 Å². The Kier molecular flexibility index (Phi) is 7.84. The van der Waals surface area contributed by atoms with E-state index in [0.717, 1.165) is 10.4 Å². The number of nitrogens with zero attached hydrogens (tertiary/aromatic N) is 4. The number of nitrogens with one attached hydrogen (secondary N) is 1. The number of rotatable bonds is 7. The van der Waals surface area contributed by atoms with Crippen LogP contribution in [0.5, 0.6) is 0 Å². The number of anilines is 1. The average Bonchev–Trinajstić information content (AvgIpc) is 3.33. The van der Waals surface area contributed by atoms with E-state index in [1.165, 1.54) is 29.9 Å². The fraction of sp³-hybridized carbons (Fsp3) is 0.320. The van der Waals surface area contributed by atoms with Gasteiger partial charge in [-0.2, -0.15) is 0 Å². The minimum atomic E-state index is -0.468. The summed E-state index contributed by atoms with van der Waals surface area (Å²) in [7, 11) is 0. The fourth-order valence-corrected chi connectivity index (χ4v) is 4.91. The number of hydrogen-bond donors (Lipinski definition) is 1. The van der Waals surface area contributed by atoms with Gasteiger partial charge in [0, 0.05) is 43.4 Å². The number of aromatic nitrogens is 2. The average molecular weight is 494 g/mol. The first kappa shape index (κ1) is 24.5. The number of ether oxygens (including phenoxy) is 1. The second kappa shape index (κ2) is 11.2. The van der Waals surface area contributed by atoms with Crippen molar-refractivity contribution in [1.82, 2.24) is 19.8 Å². The SMILES string of the molecule is CCOC(=O)c1cc(-c2ccccc2)sc1NC(=O)C(C)N1CCN(C(=O)c2cnccn2)CC1. The molecule has 0 radical (unpaired) electrons. The van der Waals surface area contributed by atoms with Crippen LogP contribution in [0.3, 0.4) is 0 Å². The minimum Gasteiger partial charge on any atom is -0.462 e. The summed E-state index contributed by atoms with van der Waals surface area (Å²) >= 11 is 1.34. The Bertz CT molecular complexity index is 1180. The van der Waals surface area contributed by atoms with Crippen molar-refractivity contribution in [2.75, 3.05) is 38.1 Å². The Morgan fingerprint density at radius 1 is 1.11 bits per heavy atom. The van der Waals surface area contributed by atoms with Crippen LogP contribution in [0.2, 0.25) is 0 Å². The second-order valence-electron chi connectivity index (χ2n) is 8.02. The molecule has 35 heavy (non-hydrogen) atoms. The zero-order valence-corrected chi connectivity index (χ0v) is 20.5. The van der Waals surface area contributed by atoms with Crippen LogP contribution < -0.4 is 5.32 Å². The van der Waals surface area contributed by atoms with Crippen LogP contribution in [0.25, 0.3) is 10.4 Å². The monoisotopic (exact) mass is 493 g/mol. The zero-order valence-electron chi connectivity index (χ0n) is 19.6. The summed E-state index contributed by atoms with van der Waals surface area (Å²) in [5.41, 5.74) is 1.61. The Hall–Kier alpha value is -3.63. The third kappa shape index (κ3) is 5.72. The molecule has 3 aromatic rings. The van der Waals surface area contributed by atoms with E-state index in [0.29, 0.717) is 42.4 Å². The van der Waals surface area contributed by atoms with Crippen molar-refractivity contribution in [3.05, 3.63) is 66.2 Å². The molecule has 1 unspecified atom stereocenters. The molecule has 0 saturated carbocycles. The molecular formula is C25H27N5O4S. The summed E-state index contributed by atoms with van der Waals surface area (Å²) < 4.78 is 5.21. The van der Waals surface area contributed by atoms with Gasteiger partial charge in [0.25, 0.3) is 5.91 Å². The number of esters is 1. The first-order valence-electron chi connectivity index (χ1n) is 11.4. The van der Waals surface area contributed by atoms with Crippen LogP contribution in [-0.4, -0.2) is 76.4 Å². The van der Waals surface area contributed by atoms with Gasteiger partial charge in [0.1, 0.15) is 10.7 Å².